The summed E-state index contributed by atoms with van der Waals surface area (Å²) < 4.78 is 1.90. The lowest BCUT2D eigenvalue weighted by Gasteiger charge is -2.32. The van der Waals surface area contributed by atoms with Crippen molar-refractivity contribution in [1.29, 1.82) is 0 Å². The number of nitrogens with one attached hydrogen (secondary N) is 1. The molecule has 1 fully saturated rings. The maximum absolute atomic E-state index is 12.8. The zero-order chi connectivity index (χ0) is 19.3. The first-order valence-corrected chi connectivity index (χ1v) is 9.83. The maximum atomic E-state index is 12.8. The molecule has 0 atom stereocenters. The standard InChI is InChI=1S/C23H26N4O/c1-26-17-20(19-7-11-24-12-8-19)15-22(26)23(28)25-21-9-13-27(14-10-21)16-18-5-3-2-4-6-18/h2-8,11-12,15,17,21H,9-10,13-14,16H2,1H3,(H,25,28). The van der Waals surface area contributed by atoms with Gasteiger partial charge >= 0.3 is 0 Å². The Labute approximate surface area is 166 Å². The summed E-state index contributed by atoms with van der Waals surface area (Å²) in [4.78, 5) is 19.3. The molecule has 4 rings (SSSR count). The van der Waals surface area contributed by atoms with Crippen LogP contribution in [0.1, 0.15) is 28.9 Å². The summed E-state index contributed by atoms with van der Waals surface area (Å²) in [7, 11) is 1.92. The molecule has 5 nitrogen and oxygen atoms in total. The van der Waals surface area contributed by atoms with E-state index in [2.05, 4.69) is 45.5 Å². The smallest absolute Gasteiger partial charge is 0.268 e. The largest absolute Gasteiger partial charge is 0.348 e. The Kier molecular flexibility index (Phi) is 5.53. The fourth-order valence-corrected chi connectivity index (χ4v) is 3.83. The number of piperidine rings is 1. The van der Waals surface area contributed by atoms with E-state index in [9.17, 15) is 4.79 Å². The zero-order valence-corrected chi connectivity index (χ0v) is 16.2. The number of hydrogen-bond donors (Lipinski definition) is 1. The van der Waals surface area contributed by atoms with Crippen molar-refractivity contribution < 1.29 is 4.79 Å². The normalized spacial score (nSPS) is 15.5. The number of amides is 1. The fraction of sp³-hybridized carbons (Fsp3) is 0.304. The van der Waals surface area contributed by atoms with Crippen molar-refractivity contribution in [3.05, 3.63) is 78.4 Å². The van der Waals surface area contributed by atoms with Crippen molar-refractivity contribution in [2.24, 2.45) is 7.05 Å². The molecule has 1 aliphatic heterocycles. The number of pyridine rings is 1. The number of likely N-dealkylation sites (tertiary alicyclic amines) is 1. The van der Waals surface area contributed by atoms with Gasteiger partial charge in [0.1, 0.15) is 5.69 Å². The molecule has 0 aliphatic carbocycles. The molecule has 0 radical (unpaired) electrons. The Hall–Kier alpha value is -2.92. The first-order valence-electron chi connectivity index (χ1n) is 9.83. The lowest BCUT2D eigenvalue weighted by atomic mass is 10.0. The maximum Gasteiger partial charge on any atom is 0.268 e. The number of aryl methyl sites for hydroxylation is 1. The van der Waals surface area contributed by atoms with Crippen LogP contribution in [0.5, 0.6) is 0 Å². The lowest BCUT2D eigenvalue weighted by Crippen LogP contribution is -2.44. The molecular weight excluding hydrogens is 348 g/mol. The molecule has 0 saturated carbocycles. The average molecular weight is 374 g/mol. The topological polar surface area (TPSA) is 50.2 Å². The second-order valence-corrected chi connectivity index (χ2v) is 7.47. The number of benzene rings is 1. The van der Waals surface area contributed by atoms with Gasteiger partial charge in [-0.05, 0) is 42.2 Å². The molecule has 0 bridgehead atoms. The van der Waals surface area contributed by atoms with Gasteiger partial charge in [-0.3, -0.25) is 14.7 Å². The van der Waals surface area contributed by atoms with Crippen LogP contribution in [0, 0.1) is 0 Å². The van der Waals surface area contributed by atoms with Crippen molar-refractivity contribution in [2.75, 3.05) is 13.1 Å². The third-order valence-corrected chi connectivity index (χ3v) is 5.42. The monoisotopic (exact) mass is 374 g/mol. The zero-order valence-electron chi connectivity index (χ0n) is 16.2. The Morgan fingerprint density at radius 3 is 2.50 bits per heavy atom. The van der Waals surface area contributed by atoms with Crippen molar-refractivity contribution in [3.8, 4) is 11.1 Å². The van der Waals surface area contributed by atoms with Crippen LogP contribution in [0.4, 0.5) is 0 Å². The van der Waals surface area contributed by atoms with E-state index in [0.29, 0.717) is 5.69 Å². The van der Waals surface area contributed by atoms with E-state index < -0.39 is 0 Å². The Bertz CT molecular complexity index is 912. The number of nitrogens with zero attached hydrogens (tertiary/aromatic N) is 3. The van der Waals surface area contributed by atoms with Crippen LogP contribution in [0.25, 0.3) is 11.1 Å². The SMILES string of the molecule is Cn1cc(-c2ccncc2)cc1C(=O)NC1CCN(Cc2ccccc2)CC1. The van der Waals surface area contributed by atoms with Gasteiger partial charge < -0.3 is 9.88 Å². The number of carbonyl (C=O) groups excluding carboxylic acids is 1. The van der Waals surface area contributed by atoms with E-state index >= 15 is 0 Å². The molecule has 3 heterocycles. The van der Waals surface area contributed by atoms with Gasteiger partial charge in [0, 0.05) is 56.9 Å². The van der Waals surface area contributed by atoms with Gasteiger partial charge in [0.05, 0.1) is 0 Å². The van der Waals surface area contributed by atoms with E-state index in [1.807, 2.05) is 36.0 Å². The van der Waals surface area contributed by atoms with Crippen molar-refractivity contribution in [1.82, 2.24) is 19.8 Å². The second-order valence-electron chi connectivity index (χ2n) is 7.47. The highest BCUT2D eigenvalue weighted by atomic mass is 16.2. The minimum absolute atomic E-state index is 0.00400. The number of hydrogen-bond acceptors (Lipinski definition) is 3. The lowest BCUT2D eigenvalue weighted by molar-refractivity contribution is 0.0901. The molecule has 1 aliphatic rings. The summed E-state index contributed by atoms with van der Waals surface area (Å²) in [5.41, 5.74) is 4.14. The molecule has 1 saturated heterocycles. The molecule has 3 aromatic rings. The van der Waals surface area contributed by atoms with E-state index in [1.54, 1.807) is 12.4 Å². The minimum Gasteiger partial charge on any atom is -0.348 e. The summed E-state index contributed by atoms with van der Waals surface area (Å²) >= 11 is 0. The average Bonchev–Trinajstić information content (AvgIpc) is 3.13. The van der Waals surface area contributed by atoms with Crippen LogP contribution in [0.3, 0.4) is 0 Å². The predicted molar refractivity (Wildman–Crippen MR) is 111 cm³/mol. The van der Waals surface area contributed by atoms with Gasteiger partial charge in [-0.15, -0.1) is 0 Å². The summed E-state index contributed by atoms with van der Waals surface area (Å²) in [5, 5.41) is 3.23. The Morgan fingerprint density at radius 2 is 1.79 bits per heavy atom. The molecule has 2 aromatic heterocycles. The Balaban J connectivity index is 1.33. The minimum atomic E-state index is 0.00400. The molecular formula is C23H26N4O. The van der Waals surface area contributed by atoms with Crippen molar-refractivity contribution >= 4 is 5.91 Å². The predicted octanol–water partition coefficient (Wildman–Crippen LogP) is 3.48. The highest BCUT2D eigenvalue weighted by Gasteiger charge is 2.22. The van der Waals surface area contributed by atoms with Crippen LogP contribution in [0.15, 0.2) is 67.1 Å². The molecule has 1 amide bonds. The highest BCUT2D eigenvalue weighted by Crippen LogP contribution is 2.21. The van der Waals surface area contributed by atoms with Gasteiger partial charge in [0.25, 0.3) is 5.91 Å². The molecule has 0 spiro atoms. The molecule has 5 heteroatoms. The fourth-order valence-electron chi connectivity index (χ4n) is 3.83. The number of rotatable bonds is 5. The number of carbonyl (C=O) groups is 1. The highest BCUT2D eigenvalue weighted by molar-refractivity contribution is 5.94. The van der Waals surface area contributed by atoms with E-state index in [-0.39, 0.29) is 11.9 Å². The summed E-state index contributed by atoms with van der Waals surface area (Å²) in [6, 6.07) is 16.7. The first-order chi connectivity index (χ1) is 13.7. The van der Waals surface area contributed by atoms with E-state index in [4.69, 9.17) is 0 Å². The summed E-state index contributed by atoms with van der Waals surface area (Å²) in [6.07, 6.45) is 7.50. The van der Waals surface area contributed by atoms with Crippen molar-refractivity contribution in [2.45, 2.75) is 25.4 Å². The van der Waals surface area contributed by atoms with Gasteiger partial charge in [-0.1, -0.05) is 30.3 Å². The van der Waals surface area contributed by atoms with Crippen LogP contribution >= 0.6 is 0 Å². The van der Waals surface area contributed by atoms with Crippen LogP contribution in [-0.4, -0.2) is 39.5 Å². The third kappa shape index (κ3) is 4.31. The van der Waals surface area contributed by atoms with E-state index in [1.165, 1.54) is 5.56 Å². The van der Waals surface area contributed by atoms with Gasteiger partial charge in [0.15, 0.2) is 0 Å². The molecule has 0 unspecified atom stereocenters. The van der Waals surface area contributed by atoms with E-state index in [0.717, 1.165) is 43.6 Å². The summed E-state index contributed by atoms with van der Waals surface area (Å²) in [5.74, 6) is 0.00400. The first kappa shape index (κ1) is 18.4. The van der Waals surface area contributed by atoms with Gasteiger partial charge in [-0.2, -0.15) is 0 Å². The molecule has 28 heavy (non-hydrogen) atoms. The Morgan fingerprint density at radius 1 is 1.07 bits per heavy atom. The quantitative estimate of drug-likeness (QED) is 0.744. The summed E-state index contributed by atoms with van der Waals surface area (Å²) in [6.45, 7) is 3.00. The van der Waals surface area contributed by atoms with Crippen LogP contribution in [0.2, 0.25) is 0 Å². The number of aromatic nitrogens is 2. The van der Waals surface area contributed by atoms with Gasteiger partial charge in [-0.25, -0.2) is 0 Å². The molecule has 1 aromatic carbocycles. The van der Waals surface area contributed by atoms with Gasteiger partial charge in [0.2, 0.25) is 0 Å². The molecule has 144 valence electrons. The van der Waals surface area contributed by atoms with Crippen LogP contribution < -0.4 is 5.32 Å². The van der Waals surface area contributed by atoms with Crippen molar-refractivity contribution in [3.63, 3.8) is 0 Å². The van der Waals surface area contributed by atoms with Crippen LogP contribution in [-0.2, 0) is 13.6 Å². The second kappa shape index (κ2) is 8.40. The molecule has 1 N–H and O–H groups in total. The third-order valence-electron chi connectivity index (χ3n) is 5.42.